The van der Waals surface area contributed by atoms with Crippen molar-refractivity contribution in [3.8, 4) is 0 Å². The summed E-state index contributed by atoms with van der Waals surface area (Å²) < 4.78 is 7.25. The van der Waals surface area contributed by atoms with Crippen LogP contribution in [0, 0.1) is 0 Å². The fraction of sp³-hybridized carbons (Fsp3) is 0.545. The molecule has 1 aliphatic rings. The number of nitrogens with zero attached hydrogens (tertiary/aromatic N) is 3. The second-order valence-electron chi connectivity index (χ2n) is 8.64. The lowest BCUT2D eigenvalue weighted by molar-refractivity contribution is 0.177. The van der Waals surface area contributed by atoms with Crippen molar-refractivity contribution in [3.05, 3.63) is 47.7 Å². The van der Waals surface area contributed by atoms with E-state index in [1.807, 2.05) is 4.68 Å². The molecule has 2 atom stereocenters. The van der Waals surface area contributed by atoms with Crippen LogP contribution in [0.5, 0.6) is 0 Å². The van der Waals surface area contributed by atoms with E-state index in [1.165, 1.54) is 16.5 Å². The Morgan fingerprint density at radius 1 is 1.36 bits per heavy atom. The molecule has 2 N–H and O–H groups in total. The van der Waals surface area contributed by atoms with Gasteiger partial charge in [0.05, 0.1) is 6.04 Å². The van der Waals surface area contributed by atoms with E-state index in [1.54, 1.807) is 7.11 Å². The molecule has 1 aliphatic heterocycles. The molecule has 150 valence electrons. The molecule has 1 aromatic carbocycles. The molecule has 0 aliphatic carbocycles. The Labute approximate surface area is 166 Å². The first-order chi connectivity index (χ1) is 13.5. The van der Waals surface area contributed by atoms with Gasteiger partial charge in [0.2, 0.25) is 0 Å². The molecule has 0 radical (unpaired) electrons. The van der Waals surface area contributed by atoms with E-state index < -0.39 is 0 Å². The third-order valence-corrected chi connectivity index (χ3v) is 5.81. The number of methoxy groups -OCH3 is 1. The molecule has 2 aromatic heterocycles. The van der Waals surface area contributed by atoms with Crippen molar-refractivity contribution in [2.75, 3.05) is 7.11 Å². The SMILES string of the molecule is COCc1nc2n(n1)CCC[C@H]2N[C@@H](C)CC(C)(C)c1c[nH]c2ccccc12. The number of aryl methyl sites for hydroxylation is 1. The summed E-state index contributed by atoms with van der Waals surface area (Å²) in [4.78, 5) is 8.14. The zero-order valence-electron chi connectivity index (χ0n) is 17.3. The van der Waals surface area contributed by atoms with Crippen LogP contribution >= 0.6 is 0 Å². The average Bonchev–Trinajstić information content (AvgIpc) is 3.26. The van der Waals surface area contributed by atoms with Crippen LogP contribution in [0.3, 0.4) is 0 Å². The van der Waals surface area contributed by atoms with Gasteiger partial charge in [-0.1, -0.05) is 32.0 Å². The molecule has 0 spiro atoms. The highest BCUT2D eigenvalue weighted by atomic mass is 16.5. The molecule has 0 amide bonds. The van der Waals surface area contributed by atoms with Crippen molar-refractivity contribution in [1.29, 1.82) is 0 Å². The summed E-state index contributed by atoms with van der Waals surface area (Å²) in [5, 5.41) is 9.73. The van der Waals surface area contributed by atoms with Crippen LogP contribution in [0.1, 0.15) is 63.3 Å². The lowest BCUT2D eigenvalue weighted by Crippen LogP contribution is -2.38. The van der Waals surface area contributed by atoms with Crippen molar-refractivity contribution in [1.82, 2.24) is 25.1 Å². The number of H-pyrrole nitrogens is 1. The molecule has 3 aromatic rings. The maximum Gasteiger partial charge on any atom is 0.176 e. The largest absolute Gasteiger partial charge is 0.377 e. The summed E-state index contributed by atoms with van der Waals surface area (Å²) in [6, 6.07) is 9.16. The fourth-order valence-electron chi connectivity index (χ4n) is 4.66. The lowest BCUT2D eigenvalue weighted by Gasteiger charge is -2.32. The number of hydrogen-bond acceptors (Lipinski definition) is 4. The lowest BCUT2D eigenvalue weighted by atomic mass is 9.79. The molecule has 3 heterocycles. The summed E-state index contributed by atoms with van der Waals surface area (Å²) >= 11 is 0. The van der Waals surface area contributed by atoms with Gasteiger partial charge in [0, 0.05) is 36.8 Å². The van der Waals surface area contributed by atoms with E-state index >= 15 is 0 Å². The van der Waals surface area contributed by atoms with Gasteiger partial charge in [0.1, 0.15) is 12.4 Å². The monoisotopic (exact) mass is 381 g/mol. The Balaban J connectivity index is 1.48. The van der Waals surface area contributed by atoms with Gasteiger partial charge in [-0.3, -0.25) is 0 Å². The number of para-hydroxylation sites is 1. The standard InChI is InChI=1S/C22H31N5O/c1-15(12-22(2,3)17-13-23-18-9-6-5-8-16(17)18)24-19-10-7-11-27-21(19)25-20(26-27)14-28-4/h5-6,8-9,13,15,19,23-24H,7,10-12,14H2,1-4H3/t15-,19+/m0/s1. The van der Waals surface area contributed by atoms with Crippen LogP contribution in [-0.4, -0.2) is 32.9 Å². The van der Waals surface area contributed by atoms with Crippen molar-refractivity contribution >= 4 is 10.9 Å². The first-order valence-electron chi connectivity index (χ1n) is 10.2. The Hall–Kier alpha value is -2.18. The zero-order chi connectivity index (χ0) is 19.7. The van der Waals surface area contributed by atoms with Crippen LogP contribution in [-0.2, 0) is 23.3 Å². The van der Waals surface area contributed by atoms with E-state index in [0.29, 0.717) is 12.6 Å². The molecule has 6 nitrogen and oxygen atoms in total. The predicted octanol–water partition coefficient (Wildman–Crippen LogP) is 4.09. The topological polar surface area (TPSA) is 67.8 Å². The van der Waals surface area contributed by atoms with E-state index in [2.05, 4.69) is 66.6 Å². The quantitative estimate of drug-likeness (QED) is 0.647. The van der Waals surface area contributed by atoms with E-state index in [0.717, 1.165) is 37.5 Å². The molecule has 28 heavy (non-hydrogen) atoms. The molecule has 6 heteroatoms. The highest BCUT2D eigenvalue weighted by Gasteiger charge is 2.30. The maximum absolute atomic E-state index is 5.20. The third kappa shape index (κ3) is 3.71. The molecular weight excluding hydrogens is 350 g/mol. The highest BCUT2D eigenvalue weighted by Crippen LogP contribution is 2.34. The Kier molecular flexibility index (Phi) is 5.25. The highest BCUT2D eigenvalue weighted by molar-refractivity contribution is 5.84. The van der Waals surface area contributed by atoms with Gasteiger partial charge in [-0.15, -0.1) is 0 Å². The first kappa shape index (κ1) is 19.2. The smallest absolute Gasteiger partial charge is 0.176 e. The minimum atomic E-state index is 0.0650. The number of benzene rings is 1. The van der Waals surface area contributed by atoms with Gasteiger partial charge in [0.25, 0.3) is 0 Å². The Bertz CT molecular complexity index is 941. The van der Waals surface area contributed by atoms with Crippen LogP contribution in [0.15, 0.2) is 30.5 Å². The van der Waals surface area contributed by atoms with E-state index in [4.69, 9.17) is 9.72 Å². The summed E-state index contributed by atoms with van der Waals surface area (Å²) in [6.07, 6.45) is 5.44. The predicted molar refractivity (Wildman–Crippen MR) is 111 cm³/mol. The summed E-state index contributed by atoms with van der Waals surface area (Å²) in [6.45, 7) is 8.36. The van der Waals surface area contributed by atoms with Crippen LogP contribution < -0.4 is 5.32 Å². The minimum absolute atomic E-state index is 0.0650. The summed E-state index contributed by atoms with van der Waals surface area (Å²) in [7, 11) is 1.69. The number of ether oxygens (including phenoxy) is 1. The molecule has 0 unspecified atom stereocenters. The third-order valence-electron chi connectivity index (χ3n) is 5.81. The molecular formula is C22H31N5O. The number of aromatic amines is 1. The number of nitrogens with one attached hydrogen (secondary N) is 2. The number of hydrogen-bond donors (Lipinski definition) is 2. The van der Waals surface area contributed by atoms with Crippen molar-refractivity contribution < 1.29 is 4.74 Å². The number of fused-ring (bicyclic) bond motifs is 2. The minimum Gasteiger partial charge on any atom is -0.377 e. The van der Waals surface area contributed by atoms with Gasteiger partial charge in [0.15, 0.2) is 5.82 Å². The van der Waals surface area contributed by atoms with Gasteiger partial charge >= 0.3 is 0 Å². The molecule has 0 fully saturated rings. The summed E-state index contributed by atoms with van der Waals surface area (Å²) in [5.41, 5.74) is 2.65. The van der Waals surface area contributed by atoms with Crippen LogP contribution in [0.4, 0.5) is 0 Å². The molecule has 0 bridgehead atoms. The van der Waals surface area contributed by atoms with Crippen molar-refractivity contribution in [3.63, 3.8) is 0 Å². The molecule has 0 saturated heterocycles. The second kappa shape index (κ2) is 7.68. The van der Waals surface area contributed by atoms with E-state index in [9.17, 15) is 0 Å². The Morgan fingerprint density at radius 2 is 2.18 bits per heavy atom. The molecule has 4 rings (SSSR count). The first-order valence-corrected chi connectivity index (χ1v) is 10.2. The van der Waals surface area contributed by atoms with Crippen LogP contribution in [0.25, 0.3) is 10.9 Å². The maximum atomic E-state index is 5.20. The van der Waals surface area contributed by atoms with Crippen molar-refractivity contribution in [2.45, 2.75) is 70.7 Å². The van der Waals surface area contributed by atoms with E-state index in [-0.39, 0.29) is 11.5 Å². The number of rotatable bonds is 7. The summed E-state index contributed by atoms with van der Waals surface area (Å²) in [5.74, 6) is 1.83. The van der Waals surface area contributed by atoms with Gasteiger partial charge in [-0.05, 0) is 43.2 Å². The molecule has 0 saturated carbocycles. The zero-order valence-corrected chi connectivity index (χ0v) is 17.3. The van der Waals surface area contributed by atoms with Crippen molar-refractivity contribution in [2.24, 2.45) is 0 Å². The fourth-order valence-corrected chi connectivity index (χ4v) is 4.66. The second-order valence-corrected chi connectivity index (χ2v) is 8.64. The number of aromatic nitrogens is 4. The van der Waals surface area contributed by atoms with Gasteiger partial charge in [-0.2, -0.15) is 5.10 Å². The average molecular weight is 382 g/mol. The van der Waals surface area contributed by atoms with Gasteiger partial charge in [-0.25, -0.2) is 9.67 Å². The normalized spacial score (nSPS) is 18.4. The van der Waals surface area contributed by atoms with Gasteiger partial charge < -0.3 is 15.0 Å². The Morgan fingerprint density at radius 3 is 3.00 bits per heavy atom. The van der Waals surface area contributed by atoms with Crippen LogP contribution in [0.2, 0.25) is 0 Å².